The van der Waals surface area contributed by atoms with Gasteiger partial charge in [-0.3, -0.25) is 0 Å². The molecule has 0 bridgehead atoms. The molecule has 0 N–H and O–H groups in total. The Morgan fingerprint density at radius 1 is 0.960 bits per heavy atom. The van der Waals surface area contributed by atoms with Crippen molar-refractivity contribution in [1.29, 1.82) is 0 Å². The quantitative estimate of drug-likeness (QED) is 0.698. The lowest BCUT2D eigenvalue weighted by Crippen LogP contribution is -2.12. The first kappa shape index (κ1) is 17.6. The Bertz CT molecular complexity index is 986. The molecule has 0 aliphatic heterocycles. The van der Waals surface area contributed by atoms with Crippen LogP contribution >= 0.6 is 11.5 Å². The van der Waals surface area contributed by atoms with Gasteiger partial charge in [0.2, 0.25) is 20.0 Å². The molecule has 0 radical (unpaired) electrons. The summed E-state index contributed by atoms with van der Waals surface area (Å²) in [6, 6.07) is 6.65. The lowest BCUT2D eigenvalue weighted by molar-refractivity contribution is 0.584. The predicted octanol–water partition coefficient (Wildman–Crippen LogP) is 3.43. The molecule has 0 amide bonds. The second-order valence-electron chi connectivity index (χ2n) is 6.75. The molecular weight excluding hydrogens is 356 g/mol. The molecule has 25 heavy (non-hydrogen) atoms. The molecule has 130 valence electrons. The topological polar surface area (TPSA) is 85.7 Å². The molecule has 3 aromatic rings. The third-order valence-electron chi connectivity index (χ3n) is 3.69. The fourth-order valence-electron chi connectivity index (χ4n) is 2.06. The van der Waals surface area contributed by atoms with Crippen LogP contribution in [0.1, 0.15) is 31.9 Å². The van der Waals surface area contributed by atoms with Crippen LogP contribution in [0.3, 0.4) is 0 Å². The van der Waals surface area contributed by atoms with E-state index in [9.17, 15) is 8.42 Å². The van der Waals surface area contributed by atoms with E-state index in [1.54, 1.807) is 36.7 Å². The summed E-state index contributed by atoms with van der Waals surface area (Å²) in [4.78, 5) is 12.9. The molecule has 3 rings (SSSR count). The minimum Gasteiger partial charge on any atom is -0.233 e. The molecule has 2 heterocycles. The van der Waals surface area contributed by atoms with Crippen molar-refractivity contribution < 1.29 is 8.42 Å². The molecule has 0 unspecified atom stereocenters. The fourth-order valence-corrected chi connectivity index (χ4v) is 4.17. The highest BCUT2D eigenvalue weighted by atomic mass is 32.2. The monoisotopic (exact) mass is 374 g/mol. The Kier molecular flexibility index (Phi) is 4.42. The van der Waals surface area contributed by atoms with Gasteiger partial charge in [-0.2, -0.15) is 4.37 Å². The van der Waals surface area contributed by atoms with E-state index in [1.165, 1.54) is 0 Å². The Balaban J connectivity index is 1.93. The van der Waals surface area contributed by atoms with Crippen molar-refractivity contribution in [3.63, 3.8) is 0 Å². The van der Waals surface area contributed by atoms with Gasteiger partial charge in [-0.25, -0.2) is 23.4 Å². The first-order valence-electron chi connectivity index (χ1n) is 7.66. The normalized spacial score (nSPS) is 12.3. The van der Waals surface area contributed by atoms with Crippen molar-refractivity contribution in [3.8, 4) is 11.6 Å². The van der Waals surface area contributed by atoms with E-state index in [4.69, 9.17) is 0 Å². The summed E-state index contributed by atoms with van der Waals surface area (Å²) in [6.07, 6.45) is 3.44. The van der Waals surface area contributed by atoms with Crippen LogP contribution in [0.5, 0.6) is 0 Å². The van der Waals surface area contributed by atoms with E-state index in [1.807, 2.05) is 6.92 Å². The average molecular weight is 374 g/mol. The predicted molar refractivity (Wildman–Crippen MR) is 96.3 cm³/mol. The molecule has 0 fully saturated rings. The second kappa shape index (κ2) is 6.27. The summed E-state index contributed by atoms with van der Waals surface area (Å²) in [5.41, 5.74) is 1.91. The van der Waals surface area contributed by atoms with Crippen molar-refractivity contribution >= 4 is 21.4 Å². The van der Waals surface area contributed by atoms with Crippen LogP contribution in [0.15, 0.2) is 45.9 Å². The first-order chi connectivity index (χ1) is 11.7. The molecule has 2 aromatic heterocycles. The number of sulfone groups is 1. The number of aryl methyl sites for hydroxylation is 1. The highest BCUT2D eigenvalue weighted by molar-refractivity contribution is 7.93. The van der Waals surface area contributed by atoms with Gasteiger partial charge in [0.25, 0.3) is 0 Å². The van der Waals surface area contributed by atoms with Crippen molar-refractivity contribution in [1.82, 2.24) is 19.3 Å². The van der Waals surface area contributed by atoms with Gasteiger partial charge < -0.3 is 0 Å². The van der Waals surface area contributed by atoms with Gasteiger partial charge in [0.05, 0.1) is 4.90 Å². The van der Waals surface area contributed by atoms with Crippen molar-refractivity contribution in [3.05, 3.63) is 47.8 Å². The number of rotatable bonds is 3. The largest absolute Gasteiger partial charge is 0.235 e. The summed E-state index contributed by atoms with van der Waals surface area (Å²) in [5, 5.41) is 0. The number of hydrogen-bond donors (Lipinski definition) is 0. The molecule has 0 saturated carbocycles. The standard InChI is InChI=1S/C17H18N4O2S2/c1-11-5-7-13(8-6-11)25(22,23)16-20-15(21-24-16)14-18-9-12(10-19-14)17(2,3)4/h5-10H,1-4H3. The van der Waals surface area contributed by atoms with Crippen LogP contribution in [0.4, 0.5) is 0 Å². The Hall–Kier alpha value is -2.19. The number of benzene rings is 1. The molecular formula is C17H18N4O2S2. The molecule has 0 spiro atoms. The van der Waals surface area contributed by atoms with Gasteiger partial charge in [-0.05, 0) is 41.6 Å². The lowest BCUT2D eigenvalue weighted by atomic mass is 9.89. The molecule has 1 aromatic carbocycles. The van der Waals surface area contributed by atoms with E-state index < -0.39 is 9.84 Å². The fraction of sp³-hybridized carbons (Fsp3) is 0.294. The van der Waals surface area contributed by atoms with Crippen molar-refractivity contribution in [2.75, 3.05) is 0 Å². The van der Waals surface area contributed by atoms with Crippen LogP contribution in [-0.2, 0) is 15.3 Å². The Morgan fingerprint density at radius 2 is 1.56 bits per heavy atom. The summed E-state index contributed by atoms with van der Waals surface area (Å²) in [7, 11) is -3.68. The van der Waals surface area contributed by atoms with E-state index in [0.29, 0.717) is 5.82 Å². The summed E-state index contributed by atoms with van der Waals surface area (Å²) in [5.74, 6) is 0.533. The van der Waals surface area contributed by atoms with Crippen molar-refractivity contribution in [2.45, 2.75) is 42.3 Å². The summed E-state index contributed by atoms with van der Waals surface area (Å²) < 4.78 is 29.3. The second-order valence-corrected chi connectivity index (χ2v) is 9.62. The number of hydrogen-bond acceptors (Lipinski definition) is 7. The maximum atomic E-state index is 12.6. The zero-order valence-electron chi connectivity index (χ0n) is 14.4. The van der Waals surface area contributed by atoms with Gasteiger partial charge >= 0.3 is 0 Å². The third-order valence-corrected chi connectivity index (χ3v) is 6.52. The maximum absolute atomic E-state index is 12.6. The molecule has 6 nitrogen and oxygen atoms in total. The van der Waals surface area contributed by atoms with Gasteiger partial charge in [-0.1, -0.05) is 38.5 Å². The zero-order chi connectivity index (χ0) is 18.2. The number of nitrogens with zero attached hydrogens (tertiary/aromatic N) is 4. The Labute approximate surface area is 151 Å². The van der Waals surface area contributed by atoms with Crippen LogP contribution in [-0.4, -0.2) is 27.7 Å². The SMILES string of the molecule is Cc1ccc(S(=O)(=O)c2nc(-c3ncc(C(C)(C)C)cn3)ns2)cc1. The van der Waals surface area contributed by atoms with E-state index in [0.717, 1.165) is 22.7 Å². The first-order valence-corrected chi connectivity index (χ1v) is 9.92. The molecule has 0 atom stereocenters. The molecule has 0 saturated heterocycles. The van der Waals surface area contributed by atoms with Crippen LogP contribution < -0.4 is 0 Å². The van der Waals surface area contributed by atoms with E-state index in [2.05, 4.69) is 40.1 Å². The summed E-state index contributed by atoms with van der Waals surface area (Å²) >= 11 is 0.831. The Morgan fingerprint density at radius 3 is 2.12 bits per heavy atom. The van der Waals surface area contributed by atoms with Crippen LogP contribution in [0.25, 0.3) is 11.6 Å². The lowest BCUT2D eigenvalue weighted by Gasteiger charge is -2.17. The average Bonchev–Trinajstić information content (AvgIpc) is 3.05. The zero-order valence-corrected chi connectivity index (χ0v) is 16.0. The van der Waals surface area contributed by atoms with Crippen molar-refractivity contribution in [2.24, 2.45) is 0 Å². The molecule has 0 aliphatic carbocycles. The maximum Gasteiger partial charge on any atom is 0.235 e. The molecule has 8 heteroatoms. The highest BCUT2D eigenvalue weighted by Gasteiger charge is 2.24. The highest BCUT2D eigenvalue weighted by Crippen LogP contribution is 2.26. The van der Waals surface area contributed by atoms with E-state index in [-0.39, 0.29) is 20.5 Å². The van der Waals surface area contributed by atoms with Gasteiger partial charge in [0.15, 0.2) is 5.82 Å². The molecule has 0 aliphatic rings. The minimum absolute atomic E-state index is 0.0603. The van der Waals surface area contributed by atoms with Crippen LogP contribution in [0.2, 0.25) is 0 Å². The van der Waals surface area contributed by atoms with Gasteiger partial charge in [-0.15, -0.1) is 0 Å². The minimum atomic E-state index is -3.68. The van der Waals surface area contributed by atoms with E-state index >= 15 is 0 Å². The van der Waals surface area contributed by atoms with Gasteiger partial charge in [0, 0.05) is 12.4 Å². The summed E-state index contributed by atoms with van der Waals surface area (Å²) in [6.45, 7) is 8.11. The van der Waals surface area contributed by atoms with Crippen LogP contribution in [0, 0.1) is 6.92 Å². The smallest absolute Gasteiger partial charge is 0.233 e. The third kappa shape index (κ3) is 3.59. The van der Waals surface area contributed by atoms with Gasteiger partial charge in [0.1, 0.15) is 0 Å². The number of aromatic nitrogens is 4.